The van der Waals surface area contributed by atoms with Gasteiger partial charge in [-0.25, -0.2) is 0 Å². The SMILES string of the molecule is CC(C)=CCN1CCN(C(=O)C(=O)NC2CC2)CC1. The molecule has 1 saturated heterocycles. The lowest BCUT2D eigenvalue weighted by molar-refractivity contribution is -0.147. The Morgan fingerprint density at radius 3 is 2.32 bits per heavy atom. The number of carbonyl (C=O) groups is 2. The first-order valence-corrected chi connectivity index (χ1v) is 7.02. The quantitative estimate of drug-likeness (QED) is 0.593. The van der Waals surface area contributed by atoms with E-state index in [0.29, 0.717) is 13.1 Å². The molecule has 0 atom stereocenters. The second kappa shape index (κ2) is 6.19. The Balaban J connectivity index is 1.74. The molecule has 1 heterocycles. The predicted molar refractivity (Wildman–Crippen MR) is 73.6 cm³/mol. The van der Waals surface area contributed by atoms with Crippen molar-refractivity contribution in [2.45, 2.75) is 32.7 Å². The monoisotopic (exact) mass is 265 g/mol. The fourth-order valence-electron chi connectivity index (χ4n) is 2.06. The molecule has 0 aromatic carbocycles. The zero-order valence-electron chi connectivity index (χ0n) is 11.8. The van der Waals surface area contributed by atoms with E-state index in [4.69, 9.17) is 0 Å². The number of carbonyl (C=O) groups excluding carboxylic acids is 2. The van der Waals surface area contributed by atoms with Crippen molar-refractivity contribution < 1.29 is 9.59 Å². The molecular formula is C14H23N3O2. The molecule has 0 spiro atoms. The Morgan fingerprint density at radius 2 is 1.79 bits per heavy atom. The lowest BCUT2D eigenvalue weighted by Gasteiger charge is -2.33. The van der Waals surface area contributed by atoms with Gasteiger partial charge in [-0.3, -0.25) is 14.5 Å². The van der Waals surface area contributed by atoms with Crippen molar-refractivity contribution in [2.75, 3.05) is 32.7 Å². The van der Waals surface area contributed by atoms with Gasteiger partial charge in [0.15, 0.2) is 0 Å². The molecule has 106 valence electrons. The molecule has 1 N–H and O–H groups in total. The molecule has 0 unspecified atom stereocenters. The largest absolute Gasteiger partial charge is 0.345 e. The van der Waals surface area contributed by atoms with Gasteiger partial charge in [0, 0.05) is 38.8 Å². The molecular weight excluding hydrogens is 242 g/mol. The first-order valence-electron chi connectivity index (χ1n) is 7.02. The number of piperazine rings is 1. The van der Waals surface area contributed by atoms with E-state index in [-0.39, 0.29) is 11.9 Å². The van der Waals surface area contributed by atoms with E-state index in [1.165, 1.54) is 5.57 Å². The van der Waals surface area contributed by atoms with Crippen LogP contribution in [-0.2, 0) is 9.59 Å². The predicted octanol–water partition coefficient (Wildman–Crippen LogP) is 0.375. The van der Waals surface area contributed by atoms with E-state index >= 15 is 0 Å². The maximum atomic E-state index is 11.9. The molecule has 19 heavy (non-hydrogen) atoms. The third-order valence-corrected chi connectivity index (χ3v) is 3.52. The Bertz CT molecular complexity index is 376. The van der Waals surface area contributed by atoms with Crippen LogP contribution < -0.4 is 5.32 Å². The van der Waals surface area contributed by atoms with Crippen molar-refractivity contribution in [3.63, 3.8) is 0 Å². The summed E-state index contributed by atoms with van der Waals surface area (Å²) in [5.74, 6) is -0.797. The van der Waals surface area contributed by atoms with Crippen LogP contribution in [0.5, 0.6) is 0 Å². The van der Waals surface area contributed by atoms with Gasteiger partial charge < -0.3 is 10.2 Å². The average molecular weight is 265 g/mol. The van der Waals surface area contributed by atoms with Gasteiger partial charge in [-0.1, -0.05) is 11.6 Å². The fourth-order valence-corrected chi connectivity index (χ4v) is 2.06. The van der Waals surface area contributed by atoms with E-state index in [9.17, 15) is 9.59 Å². The molecule has 1 saturated carbocycles. The van der Waals surface area contributed by atoms with Crippen LogP contribution in [0.25, 0.3) is 0 Å². The van der Waals surface area contributed by atoms with Gasteiger partial charge in [0.1, 0.15) is 0 Å². The Morgan fingerprint density at radius 1 is 1.16 bits per heavy atom. The van der Waals surface area contributed by atoms with Crippen LogP contribution in [0, 0.1) is 0 Å². The Hall–Kier alpha value is -1.36. The van der Waals surface area contributed by atoms with E-state index < -0.39 is 5.91 Å². The summed E-state index contributed by atoms with van der Waals surface area (Å²) in [6, 6.07) is 0.246. The Labute approximate surface area is 114 Å². The first kappa shape index (κ1) is 14.1. The maximum Gasteiger partial charge on any atom is 0.311 e. The van der Waals surface area contributed by atoms with E-state index in [1.807, 2.05) is 0 Å². The molecule has 0 aromatic rings. The summed E-state index contributed by atoms with van der Waals surface area (Å²) in [5, 5.41) is 2.75. The van der Waals surface area contributed by atoms with Crippen molar-refractivity contribution in [3.05, 3.63) is 11.6 Å². The molecule has 0 bridgehead atoms. The van der Waals surface area contributed by atoms with E-state index in [0.717, 1.165) is 32.5 Å². The molecule has 5 heteroatoms. The van der Waals surface area contributed by atoms with Crippen molar-refractivity contribution in [2.24, 2.45) is 0 Å². The van der Waals surface area contributed by atoms with Crippen LogP contribution in [-0.4, -0.2) is 60.4 Å². The lowest BCUT2D eigenvalue weighted by atomic mass is 10.2. The number of hydrogen-bond donors (Lipinski definition) is 1. The number of hydrogen-bond acceptors (Lipinski definition) is 3. The standard InChI is InChI=1S/C14H23N3O2/c1-11(2)5-6-16-7-9-17(10-8-16)14(19)13(18)15-12-3-4-12/h5,12H,3-4,6-10H2,1-2H3,(H,15,18). The van der Waals surface area contributed by atoms with Crippen LogP contribution in [0.3, 0.4) is 0 Å². The highest BCUT2D eigenvalue weighted by Crippen LogP contribution is 2.18. The van der Waals surface area contributed by atoms with Gasteiger partial charge in [0.05, 0.1) is 0 Å². The third kappa shape index (κ3) is 4.35. The molecule has 2 amide bonds. The van der Waals surface area contributed by atoms with Gasteiger partial charge in [0.2, 0.25) is 0 Å². The smallest absolute Gasteiger partial charge is 0.311 e. The minimum absolute atomic E-state index is 0.246. The highest BCUT2D eigenvalue weighted by molar-refractivity contribution is 6.35. The summed E-state index contributed by atoms with van der Waals surface area (Å²) in [4.78, 5) is 27.5. The number of nitrogens with zero attached hydrogens (tertiary/aromatic N) is 2. The minimum Gasteiger partial charge on any atom is -0.345 e. The third-order valence-electron chi connectivity index (χ3n) is 3.52. The second-order valence-electron chi connectivity index (χ2n) is 5.62. The van der Waals surface area contributed by atoms with Gasteiger partial charge in [-0.15, -0.1) is 0 Å². The maximum absolute atomic E-state index is 11.9. The molecule has 2 fully saturated rings. The molecule has 2 rings (SSSR count). The van der Waals surface area contributed by atoms with Crippen LogP contribution in [0.4, 0.5) is 0 Å². The molecule has 1 aliphatic heterocycles. The van der Waals surface area contributed by atoms with Crippen molar-refractivity contribution >= 4 is 11.8 Å². The lowest BCUT2D eigenvalue weighted by Crippen LogP contribution is -2.52. The van der Waals surface area contributed by atoms with E-state index in [2.05, 4.69) is 30.1 Å². The minimum atomic E-state index is -0.430. The fraction of sp³-hybridized carbons (Fsp3) is 0.714. The summed E-state index contributed by atoms with van der Waals surface area (Å²) < 4.78 is 0. The molecule has 1 aliphatic carbocycles. The van der Waals surface area contributed by atoms with Crippen molar-refractivity contribution in [1.29, 1.82) is 0 Å². The number of allylic oxidation sites excluding steroid dienone is 1. The average Bonchev–Trinajstić information content (AvgIpc) is 3.20. The summed E-state index contributed by atoms with van der Waals surface area (Å²) in [7, 11) is 0. The van der Waals surface area contributed by atoms with Gasteiger partial charge in [0.25, 0.3) is 0 Å². The summed E-state index contributed by atoms with van der Waals surface area (Å²) in [5.41, 5.74) is 1.31. The number of amides is 2. The highest BCUT2D eigenvalue weighted by atomic mass is 16.2. The van der Waals surface area contributed by atoms with Gasteiger partial charge in [-0.2, -0.15) is 0 Å². The second-order valence-corrected chi connectivity index (χ2v) is 5.62. The van der Waals surface area contributed by atoms with Crippen LogP contribution in [0.1, 0.15) is 26.7 Å². The Kier molecular flexibility index (Phi) is 4.58. The molecule has 0 radical (unpaired) electrons. The normalized spacial score (nSPS) is 20.0. The number of nitrogens with one attached hydrogen (secondary N) is 1. The van der Waals surface area contributed by atoms with E-state index in [1.54, 1.807) is 4.90 Å². The van der Waals surface area contributed by atoms with Gasteiger partial charge >= 0.3 is 11.8 Å². The zero-order valence-corrected chi connectivity index (χ0v) is 11.8. The summed E-state index contributed by atoms with van der Waals surface area (Å²) >= 11 is 0. The number of rotatable bonds is 3. The first-order chi connectivity index (χ1) is 9.06. The highest BCUT2D eigenvalue weighted by Gasteiger charge is 2.30. The van der Waals surface area contributed by atoms with Crippen LogP contribution >= 0.6 is 0 Å². The zero-order chi connectivity index (χ0) is 13.8. The molecule has 5 nitrogen and oxygen atoms in total. The van der Waals surface area contributed by atoms with Crippen molar-refractivity contribution in [3.8, 4) is 0 Å². The molecule has 2 aliphatic rings. The van der Waals surface area contributed by atoms with Crippen LogP contribution in [0.2, 0.25) is 0 Å². The summed E-state index contributed by atoms with van der Waals surface area (Å²) in [6.45, 7) is 8.07. The van der Waals surface area contributed by atoms with Gasteiger partial charge in [-0.05, 0) is 26.7 Å². The molecule has 0 aromatic heterocycles. The van der Waals surface area contributed by atoms with Crippen LogP contribution in [0.15, 0.2) is 11.6 Å². The van der Waals surface area contributed by atoms with Crippen molar-refractivity contribution in [1.82, 2.24) is 15.1 Å². The topological polar surface area (TPSA) is 52.7 Å². The summed E-state index contributed by atoms with van der Waals surface area (Å²) in [6.07, 6.45) is 4.21.